The number of pyridine rings is 1. The quantitative estimate of drug-likeness (QED) is 0.751. The standard InChI is InChI=1S/C16H15ClFN3O2S/c1-10(2)21-9-15(12-4-3-7-19-16(12)21)24(22,23)20-14-8-11(18)5-6-13(14)17/h3-10,20H,1-2H3. The maximum absolute atomic E-state index is 13.4. The molecule has 0 unspecified atom stereocenters. The third-order valence-corrected chi connectivity index (χ3v) is 5.29. The molecule has 2 aromatic heterocycles. The van der Waals surface area contributed by atoms with Crippen molar-refractivity contribution in [3.63, 3.8) is 0 Å². The first-order chi connectivity index (χ1) is 11.3. The maximum Gasteiger partial charge on any atom is 0.264 e. The predicted molar refractivity (Wildman–Crippen MR) is 92.3 cm³/mol. The minimum Gasteiger partial charge on any atom is -0.329 e. The van der Waals surface area contributed by atoms with Crippen molar-refractivity contribution in [2.75, 3.05) is 4.72 Å². The van der Waals surface area contributed by atoms with Gasteiger partial charge in [0.25, 0.3) is 10.0 Å². The van der Waals surface area contributed by atoms with Gasteiger partial charge in [0.2, 0.25) is 0 Å². The van der Waals surface area contributed by atoms with Gasteiger partial charge < -0.3 is 4.57 Å². The van der Waals surface area contributed by atoms with Gasteiger partial charge in [-0.25, -0.2) is 17.8 Å². The van der Waals surface area contributed by atoms with Crippen molar-refractivity contribution >= 4 is 38.3 Å². The van der Waals surface area contributed by atoms with Gasteiger partial charge in [0.15, 0.2) is 0 Å². The van der Waals surface area contributed by atoms with E-state index < -0.39 is 15.8 Å². The number of anilines is 1. The largest absolute Gasteiger partial charge is 0.329 e. The number of benzene rings is 1. The minimum absolute atomic E-state index is 0.00833. The molecule has 24 heavy (non-hydrogen) atoms. The Kier molecular flexibility index (Phi) is 4.23. The van der Waals surface area contributed by atoms with E-state index in [1.54, 1.807) is 22.9 Å². The number of hydrogen-bond acceptors (Lipinski definition) is 3. The van der Waals surface area contributed by atoms with Gasteiger partial charge in [-0.3, -0.25) is 4.72 Å². The van der Waals surface area contributed by atoms with Crippen LogP contribution in [0.2, 0.25) is 5.02 Å². The van der Waals surface area contributed by atoms with E-state index in [4.69, 9.17) is 11.6 Å². The molecule has 0 aliphatic heterocycles. The zero-order valence-corrected chi connectivity index (χ0v) is 14.6. The molecule has 0 saturated heterocycles. The van der Waals surface area contributed by atoms with Crippen LogP contribution in [0.5, 0.6) is 0 Å². The summed E-state index contributed by atoms with van der Waals surface area (Å²) in [5.41, 5.74) is 0.559. The molecular weight excluding hydrogens is 353 g/mol. The van der Waals surface area contributed by atoms with Crippen LogP contribution in [-0.2, 0) is 10.0 Å². The average molecular weight is 368 g/mol. The van der Waals surface area contributed by atoms with Gasteiger partial charge in [-0.1, -0.05) is 11.6 Å². The fraction of sp³-hybridized carbons (Fsp3) is 0.188. The Hall–Kier alpha value is -2.12. The van der Waals surface area contributed by atoms with Crippen molar-refractivity contribution in [2.45, 2.75) is 24.8 Å². The second kappa shape index (κ2) is 6.07. The highest BCUT2D eigenvalue weighted by atomic mass is 35.5. The Bertz CT molecular complexity index is 1020. The van der Waals surface area contributed by atoms with Crippen molar-refractivity contribution in [2.24, 2.45) is 0 Å². The summed E-state index contributed by atoms with van der Waals surface area (Å²) in [5, 5.41) is 0.608. The molecule has 126 valence electrons. The molecule has 8 heteroatoms. The van der Waals surface area contributed by atoms with E-state index in [0.29, 0.717) is 11.0 Å². The van der Waals surface area contributed by atoms with E-state index in [2.05, 4.69) is 9.71 Å². The first kappa shape index (κ1) is 16.7. The van der Waals surface area contributed by atoms with Crippen LogP contribution in [0, 0.1) is 5.82 Å². The molecule has 5 nitrogen and oxygen atoms in total. The van der Waals surface area contributed by atoms with Crippen LogP contribution in [-0.4, -0.2) is 18.0 Å². The summed E-state index contributed by atoms with van der Waals surface area (Å²) in [4.78, 5) is 4.33. The molecule has 0 amide bonds. The number of nitrogens with one attached hydrogen (secondary N) is 1. The second-order valence-corrected chi connectivity index (χ2v) is 7.66. The molecule has 0 radical (unpaired) electrons. The van der Waals surface area contributed by atoms with Crippen molar-refractivity contribution in [1.29, 1.82) is 0 Å². The molecule has 1 N–H and O–H groups in total. The number of nitrogens with zero attached hydrogens (tertiary/aromatic N) is 2. The fourth-order valence-corrected chi connectivity index (χ4v) is 3.93. The van der Waals surface area contributed by atoms with E-state index in [9.17, 15) is 12.8 Å². The highest BCUT2D eigenvalue weighted by Crippen LogP contribution is 2.30. The Morgan fingerprint density at radius 1 is 1.29 bits per heavy atom. The molecule has 1 aromatic carbocycles. The Balaban J connectivity index is 2.14. The van der Waals surface area contributed by atoms with E-state index in [1.165, 1.54) is 12.3 Å². The van der Waals surface area contributed by atoms with Gasteiger partial charge in [0.05, 0.1) is 10.7 Å². The van der Waals surface area contributed by atoms with Gasteiger partial charge in [-0.2, -0.15) is 0 Å². The number of halogens is 2. The monoisotopic (exact) mass is 367 g/mol. The number of sulfonamides is 1. The first-order valence-electron chi connectivity index (χ1n) is 7.23. The molecule has 0 saturated carbocycles. The summed E-state index contributed by atoms with van der Waals surface area (Å²) in [6, 6.07) is 6.89. The fourth-order valence-electron chi connectivity index (χ4n) is 2.44. The minimum atomic E-state index is -3.95. The smallest absolute Gasteiger partial charge is 0.264 e. The highest BCUT2D eigenvalue weighted by Gasteiger charge is 2.23. The van der Waals surface area contributed by atoms with Gasteiger partial charge in [-0.15, -0.1) is 0 Å². The molecule has 0 fully saturated rings. The summed E-state index contributed by atoms with van der Waals surface area (Å²) in [6.45, 7) is 3.86. The molecule has 0 aliphatic carbocycles. The number of hydrogen-bond donors (Lipinski definition) is 1. The van der Waals surface area contributed by atoms with Crippen molar-refractivity contribution in [1.82, 2.24) is 9.55 Å². The van der Waals surface area contributed by atoms with Gasteiger partial charge in [0, 0.05) is 23.8 Å². The number of rotatable bonds is 4. The lowest BCUT2D eigenvalue weighted by molar-refractivity contribution is 0.596. The lowest BCUT2D eigenvalue weighted by atomic mass is 10.3. The summed E-state index contributed by atoms with van der Waals surface area (Å²) < 4.78 is 43.1. The Morgan fingerprint density at radius 3 is 2.75 bits per heavy atom. The van der Waals surface area contributed by atoms with Crippen LogP contribution < -0.4 is 4.72 Å². The van der Waals surface area contributed by atoms with Crippen molar-refractivity contribution in [3.8, 4) is 0 Å². The van der Waals surface area contributed by atoms with Crippen molar-refractivity contribution < 1.29 is 12.8 Å². The molecule has 0 aliphatic rings. The molecule has 0 spiro atoms. The van der Waals surface area contributed by atoms with Gasteiger partial charge in [0.1, 0.15) is 16.4 Å². The third-order valence-electron chi connectivity index (χ3n) is 3.57. The van der Waals surface area contributed by atoms with Crippen LogP contribution in [0.25, 0.3) is 11.0 Å². The summed E-state index contributed by atoms with van der Waals surface area (Å²) in [7, 11) is -3.95. The topological polar surface area (TPSA) is 64.0 Å². The number of aromatic nitrogens is 2. The van der Waals surface area contributed by atoms with Crippen LogP contribution in [0.15, 0.2) is 47.6 Å². The highest BCUT2D eigenvalue weighted by molar-refractivity contribution is 7.93. The lowest BCUT2D eigenvalue weighted by Gasteiger charge is -2.09. The summed E-state index contributed by atoms with van der Waals surface area (Å²) in [6.07, 6.45) is 3.13. The zero-order valence-electron chi connectivity index (χ0n) is 13.0. The molecule has 2 heterocycles. The van der Waals surface area contributed by atoms with E-state index in [-0.39, 0.29) is 21.6 Å². The van der Waals surface area contributed by atoms with Crippen LogP contribution in [0.1, 0.15) is 19.9 Å². The molecule has 3 aromatic rings. The maximum atomic E-state index is 13.4. The molecule has 0 atom stereocenters. The predicted octanol–water partition coefficient (Wildman–Crippen LogP) is 4.21. The molecule has 3 rings (SSSR count). The van der Waals surface area contributed by atoms with E-state index >= 15 is 0 Å². The molecular formula is C16H15ClFN3O2S. The van der Waals surface area contributed by atoms with Gasteiger partial charge in [-0.05, 0) is 44.2 Å². The molecule has 0 bridgehead atoms. The summed E-state index contributed by atoms with van der Waals surface area (Å²) in [5.74, 6) is -0.580. The van der Waals surface area contributed by atoms with Crippen molar-refractivity contribution in [3.05, 3.63) is 53.6 Å². The van der Waals surface area contributed by atoms with E-state index in [0.717, 1.165) is 12.1 Å². The first-order valence-corrected chi connectivity index (χ1v) is 9.09. The normalized spacial score (nSPS) is 12.0. The van der Waals surface area contributed by atoms with Crippen LogP contribution >= 0.6 is 11.6 Å². The van der Waals surface area contributed by atoms with Crippen LogP contribution in [0.4, 0.5) is 10.1 Å². The van der Waals surface area contributed by atoms with Crippen LogP contribution in [0.3, 0.4) is 0 Å². The average Bonchev–Trinajstić information content (AvgIpc) is 2.91. The zero-order chi connectivity index (χ0) is 17.5. The lowest BCUT2D eigenvalue weighted by Crippen LogP contribution is -2.13. The second-order valence-electron chi connectivity index (χ2n) is 5.60. The van der Waals surface area contributed by atoms with E-state index in [1.807, 2.05) is 13.8 Å². The SMILES string of the molecule is CC(C)n1cc(S(=O)(=O)Nc2cc(F)ccc2Cl)c2cccnc21. The Morgan fingerprint density at radius 2 is 2.04 bits per heavy atom. The third kappa shape index (κ3) is 2.97. The summed E-state index contributed by atoms with van der Waals surface area (Å²) >= 11 is 5.95. The number of fused-ring (bicyclic) bond motifs is 1. The Labute approximate surface area is 144 Å². The van der Waals surface area contributed by atoms with Gasteiger partial charge >= 0.3 is 0 Å².